The summed E-state index contributed by atoms with van der Waals surface area (Å²) in [6.07, 6.45) is 4.08. The fraction of sp³-hybridized carbons (Fsp3) is 0.375. The number of nitrogens with zero attached hydrogens (tertiary/aromatic N) is 2. The number of anilines is 1. The summed E-state index contributed by atoms with van der Waals surface area (Å²) in [5, 5.41) is 2.93. The summed E-state index contributed by atoms with van der Waals surface area (Å²) < 4.78 is 35.2. The zero-order valence-corrected chi connectivity index (χ0v) is 24.2. The maximum Gasteiger partial charge on any atom is 0.262 e. The lowest BCUT2D eigenvalue weighted by molar-refractivity contribution is -0.128. The van der Waals surface area contributed by atoms with Crippen molar-refractivity contribution in [3.05, 3.63) is 90.0 Å². The largest absolute Gasteiger partial charge is 0.477 e. The fourth-order valence-corrected chi connectivity index (χ4v) is 7.17. The van der Waals surface area contributed by atoms with E-state index in [4.69, 9.17) is 4.74 Å². The van der Waals surface area contributed by atoms with E-state index in [1.807, 2.05) is 37.3 Å². The highest BCUT2D eigenvalue weighted by atomic mass is 32.2. The van der Waals surface area contributed by atoms with Crippen LogP contribution >= 0.6 is 0 Å². The van der Waals surface area contributed by atoms with Crippen molar-refractivity contribution in [2.45, 2.75) is 62.5 Å². The average Bonchev–Trinajstić information content (AvgIpc) is 3.00. The van der Waals surface area contributed by atoms with Crippen LogP contribution in [0, 0.1) is 6.92 Å². The van der Waals surface area contributed by atoms with Gasteiger partial charge in [-0.05, 0) is 56.0 Å². The predicted octanol–water partition coefficient (Wildman–Crippen LogP) is 4.47. The Labute approximate surface area is 242 Å². The first-order chi connectivity index (χ1) is 19.8. The molecule has 3 aromatic rings. The van der Waals surface area contributed by atoms with Crippen molar-refractivity contribution >= 4 is 27.5 Å². The molecule has 8 nitrogen and oxygen atoms in total. The van der Waals surface area contributed by atoms with Crippen LogP contribution in [0.3, 0.4) is 0 Å². The SMILES string of the molecule is Cc1ccc(S(=O)(=O)N(CC(=O)N2C[C@@H](C(=O)NCCc3ccccc3)Oc3ccccc32)C2CCCCC2)cc1. The lowest BCUT2D eigenvalue weighted by Gasteiger charge is -2.37. The van der Waals surface area contributed by atoms with Gasteiger partial charge in [0.2, 0.25) is 15.9 Å². The minimum absolute atomic E-state index is 0.00387. The van der Waals surface area contributed by atoms with Gasteiger partial charge < -0.3 is 15.0 Å². The Kier molecular flexibility index (Phi) is 9.05. The molecule has 0 aromatic heterocycles. The quantitative estimate of drug-likeness (QED) is 0.406. The molecule has 41 heavy (non-hydrogen) atoms. The molecule has 0 spiro atoms. The number of amides is 2. The summed E-state index contributed by atoms with van der Waals surface area (Å²) in [6.45, 7) is 2.03. The van der Waals surface area contributed by atoms with E-state index in [9.17, 15) is 18.0 Å². The first kappa shape index (κ1) is 28.8. The molecular weight excluding hydrogens is 538 g/mol. The number of aryl methyl sites for hydroxylation is 1. The highest BCUT2D eigenvalue weighted by molar-refractivity contribution is 7.89. The normalized spacial score (nSPS) is 17.5. The molecule has 1 N–H and O–H groups in total. The second kappa shape index (κ2) is 12.9. The maximum atomic E-state index is 13.9. The molecule has 2 aliphatic rings. The van der Waals surface area contributed by atoms with E-state index < -0.39 is 16.1 Å². The van der Waals surface area contributed by atoms with Gasteiger partial charge in [-0.15, -0.1) is 0 Å². The lowest BCUT2D eigenvalue weighted by Crippen LogP contribution is -2.54. The molecule has 1 aliphatic heterocycles. The minimum atomic E-state index is -3.92. The van der Waals surface area contributed by atoms with Crippen LogP contribution in [0.5, 0.6) is 5.75 Å². The second-order valence-corrected chi connectivity index (χ2v) is 12.7. The van der Waals surface area contributed by atoms with Crippen LogP contribution in [-0.2, 0) is 26.0 Å². The zero-order chi connectivity index (χ0) is 28.8. The molecule has 1 fully saturated rings. The van der Waals surface area contributed by atoms with E-state index in [-0.39, 0.29) is 35.8 Å². The third-order valence-corrected chi connectivity index (χ3v) is 9.74. The van der Waals surface area contributed by atoms with Gasteiger partial charge in [-0.2, -0.15) is 4.31 Å². The van der Waals surface area contributed by atoms with Gasteiger partial charge in [-0.3, -0.25) is 9.59 Å². The summed E-state index contributed by atoms with van der Waals surface area (Å²) in [5.41, 5.74) is 2.60. The molecule has 216 valence electrons. The number of para-hydroxylation sites is 2. The monoisotopic (exact) mass is 575 g/mol. The number of carbonyl (C=O) groups is 2. The van der Waals surface area contributed by atoms with Gasteiger partial charge in [0.15, 0.2) is 6.10 Å². The summed E-state index contributed by atoms with van der Waals surface area (Å²) in [6, 6.07) is 23.4. The Bertz CT molecular complexity index is 1450. The third-order valence-electron chi connectivity index (χ3n) is 7.82. The second-order valence-electron chi connectivity index (χ2n) is 10.8. The fourth-order valence-electron chi connectivity index (χ4n) is 5.54. The van der Waals surface area contributed by atoms with Crippen LogP contribution in [0.4, 0.5) is 5.69 Å². The predicted molar refractivity (Wildman–Crippen MR) is 158 cm³/mol. The van der Waals surface area contributed by atoms with Gasteiger partial charge in [-0.1, -0.05) is 79.4 Å². The molecule has 0 saturated heterocycles. The molecule has 0 bridgehead atoms. The first-order valence-electron chi connectivity index (χ1n) is 14.3. The molecule has 1 heterocycles. The number of sulfonamides is 1. The van der Waals surface area contributed by atoms with Crippen molar-refractivity contribution in [1.29, 1.82) is 0 Å². The molecule has 2 amide bonds. The minimum Gasteiger partial charge on any atom is -0.477 e. The maximum absolute atomic E-state index is 13.9. The average molecular weight is 576 g/mol. The molecular formula is C32H37N3O5S. The molecule has 0 unspecified atom stereocenters. The highest BCUT2D eigenvalue weighted by Gasteiger charge is 2.38. The molecule has 0 radical (unpaired) electrons. The van der Waals surface area contributed by atoms with Crippen LogP contribution in [0.1, 0.15) is 43.2 Å². The third kappa shape index (κ3) is 6.80. The Hall–Kier alpha value is -3.69. The number of carbonyl (C=O) groups excluding carboxylic acids is 2. The van der Waals surface area contributed by atoms with Crippen LogP contribution in [0.25, 0.3) is 0 Å². The number of ether oxygens (including phenoxy) is 1. The standard InChI is InChI=1S/C32H37N3O5S/c1-24-16-18-27(19-17-24)41(38,39)35(26-12-6-3-7-13-26)23-31(36)34-22-30(40-29-15-9-8-14-28(29)34)32(37)33-21-20-25-10-4-2-5-11-25/h2,4-5,8-11,14-19,26,30H,3,6-7,12-13,20-23H2,1H3,(H,33,37)/t30-/m0/s1. The molecule has 1 atom stereocenters. The number of benzene rings is 3. The van der Waals surface area contributed by atoms with Crippen molar-refractivity contribution in [1.82, 2.24) is 9.62 Å². The number of hydrogen-bond acceptors (Lipinski definition) is 5. The molecule has 5 rings (SSSR count). The van der Waals surface area contributed by atoms with Crippen LogP contribution in [0.2, 0.25) is 0 Å². The number of rotatable bonds is 9. The molecule has 3 aromatic carbocycles. The highest BCUT2D eigenvalue weighted by Crippen LogP contribution is 2.34. The Morgan fingerprint density at radius 2 is 1.61 bits per heavy atom. The van der Waals surface area contributed by atoms with Crippen LogP contribution in [-0.4, -0.2) is 56.3 Å². The van der Waals surface area contributed by atoms with Gasteiger partial charge in [0, 0.05) is 12.6 Å². The van der Waals surface area contributed by atoms with Crippen molar-refractivity contribution < 1.29 is 22.7 Å². The first-order valence-corrected chi connectivity index (χ1v) is 15.7. The number of nitrogens with one attached hydrogen (secondary N) is 1. The summed E-state index contributed by atoms with van der Waals surface area (Å²) in [7, 11) is -3.92. The van der Waals surface area contributed by atoms with E-state index in [0.717, 1.165) is 30.4 Å². The molecule has 9 heteroatoms. The zero-order valence-electron chi connectivity index (χ0n) is 23.4. The Balaban J connectivity index is 1.35. The molecule has 1 aliphatic carbocycles. The Morgan fingerprint density at radius 3 is 2.34 bits per heavy atom. The smallest absolute Gasteiger partial charge is 0.262 e. The van der Waals surface area contributed by atoms with E-state index in [0.29, 0.717) is 37.2 Å². The van der Waals surface area contributed by atoms with Crippen LogP contribution < -0.4 is 15.0 Å². The summed E-state index contributed by atoms with van der Waals surface area (Å²) >= 11 is 0. The van der Waals surface area contributed by atoms with E-state index >= 15 is 0 Å². The number of fused-ring (bicyclic) bond motifs is 1. The summed E-state index contributed by atoms with van der Waals surface area (Å²) in [5.74, 6) is -0.283. The van der Waals surface area contributed by atoms with Gasteiger partial charge in [0.1, 0.15) is 5.75 Å². The summed E-state index contributed by atoms with van der Waals surface area (Å²) in [4.78, 5) is 28.8. The van der Waals surface area contributed by atoms with E-state index in [1.54, 1.807) is 48.5 Å². The Morgan fingerprint density at radius 1 is 0.927 bits per heavy atom. The van der Waals surface area contributed by atoms with Crippen molar-refractivity contribution in [2.75, 3.05) is 24.5 Å². The van der Waals surface area contributed by atoms with E-state index in [2.05, 4.69) is 5.32 Å². The number of hydrogen-bond donors (Lipinski definition) is 1. The van der Waals surface area contributed by atoms with Crippen molar-refractivity contribution in [2.24, 2.45) is 0 Å². The molecule has 1 saturated carbocycles. The van der Waals surface area contributed by atoms with Crippen LogP contribution in [0.15, 0.2) is 83.8 Å². The van der Waals surface area contributed by atoms with Crippen molar-refractivity contribution in [3.63, 3.8) is 0 Å². The van der Waals surface area contributed by atoms with Gasteiger partial charge >= 0.3 is 0 Å². The topological polar surface area (TPSA) is 96.0 Å². The van der Waals surface area contributed by atoms with E-state index in [1.165, 1.54) is 9.21 Å². The van der Waals surface area contributed by atoms with Gasteiger partial charge in [0.05, 0.1) is 23.7 Å². The van der Waals surface area contributed by atoms with Gasteiger partial charge in [-0.25, -0.2) is 8.42 Å². The lowest BCUT2D eigenvalue weighted by atomic mass is 9.95. The van der Waals surface area contributed by atoms with Crippen molar-refractivity contribution in [3.8, 4) is 5.75 Å². The van der Waals surface area contributed by atoms with Gasteiger partial charge in [0.25, 0.3) is 5.91 Å².